The van der Waals surface area contributed by atoms with Crippen molar-refractivity contribution in [2.24, 2.45) is 0 Å². The Kier molecular flexibility index (Phi) is 4.08. The largest absolute Gasteiger partial charge is 0.467 e. The Morgan fingerprint density at radius 1 is 1.24 bits per heavy atom. The molecule has 1 aliphatic carbocycles. The third kappa shape index (κ3) is 3.35. The van der Waals surface area contributed by atoms with Gasteiger partial charge in [-0.2, -0.15) is 0 Å². The Bertz CT molecular complexity index is 591. The predicted molar refractivity (Wildman–Crippen MR) is 83.6 cm³/mol. The highest BCUT2D eigenvalue weighted by atomic mass is 16.3. The third-order valence-corrected chi connectivity index (χ3v) is 3.66. The number of hydrogen-bond donors (Lipinski definition) is 2. The fourth-order valence-corrected chi connectivity index (χ4v) is 2.23. The summed E-state index contributed by atoms with van der Waals surface area (Å²) in [5.41, 5.74) is 1.07. The zero-order chi connectivity index (χ0) is 14.7. The summed E-state index contributed by atoms with van der Waals surface area (Å²) in [7, 11) is 0. The van der Waals surface area contributed by atoms with Gasteiger partial charge in [-0.25, -0.2) is 9.97 Å². The van der Waals surface area contributed by atoms with E-state index >= 15 is 0 Å². The lowest BCUT2D eigenvalue weighted by molar-refractivity contribution is 0.517. The molecule has 0 saturated heterocycles. The third-order valence-electron chi connectivity index (χ3n) is 3.66. The van der Waals surface area contributed by atoms with Crippen LogP contribution in [0.1, 0.15) is 49.3 Å². The first-order valence-corrected chi connectivity index (χ1v) is 7.66. The van der Waals surface area contributed by atoms with Crippen LogP contribution in [0.3, 0.4) is 0 Å². The van der Waals surface area contributed by atoms with E-state index in [1.165, 1.54) is 12.8 Å². The summed E-state index contributed by atoms with van der Waals surface area (Å²) in [5.74, 6) is 4.26. The highest BCUT2D eigenvalue weighted by Gasteiger charge is 2.28. The lowest BCUT2D eigenvalue weighted by Crippen LogP contribution is -2.11. The lowest BCUT2D eigenvalue weighted by atomic mass is 10.2. The smallest absolute Gasteiger partial charge is 0.136 e. The van der Waals surface area contributed by atoms with Gasteiger partial charge in [-0.3, -0.25) is 0 Å². The molecule has 1 aliphatic rings. The van der Waals surface area contributed by atoms with Gasteiger partial charge in [0.2, 0.25) is 0 Å². The fraction of sp³-hybridized carbons (Fsp3) is 0.500. The van der Waals surface area contributed by atoms with Crippen molar-refractivity contribution in [3.05, 3.63) is 35.5 Å². The first kappa shape index (κ1) is 13.9. The quantitative estimate of drug-likeness (QED) is 0.812. The van der Waals surface area contributed by atoms with Crippen LogP contribution in [-0.2, 0) is 6.54 Å². The van der Waals surface area contributed by atoms with Crippen LogP contribution >= 0.6 is 0 Å². The maximum absolute atomic E-state index is 5.36. The van der Waals surface area contributed by atoms with Crippen LogP contribution in [0, 0.1) is 6.92 Å². The maximum atomic E-state index is 5.36. The van der Waals surface area contributed by atoms with Gasteiger partial charge in [-0.15, -0.1) is 0 Å². The Morgan fingerprint density at radius 2 is 2.00 bits per heavy atom. The molecule has 0 bridgehead atoms. The Labute approximate surface area is 125 Å². The average molecular weight is 286 g/mol. The average Bonchev–Trinajstić information content (AvgIpc) is 3.21. The molecule has 21 heavy (non-hydrogen) atoms. The minimum absolute atomic E-state index is 0.539. The molecule has 2 aromatic heterocycles. The van der Waals surface area contributed by atoms with E-state index in [0.717, 1.165) is 41.7 Å². The molecule has 1 fully saturated rings. The second kappa shape index (κ2) is 6.16. The standard InChI is InChI=1S/C16H22N4O/c1-3-8-17-14-11(2)15(18-10-13-5-4-9-21-13)20-16(19-14)12-6-7-12/h4-5,9,12H,3,6-8,10H2,1-2H3,(H2,17,18,19,20). The molecular weight excluding hydrogens is 264 g/mol. The first-order chi connectivity index (χ1) is 10.3. The maximum Gasteiger partial charge on any atom is 0.136 e. The number of nitrogens with one attached hydrogen (secondary N) is 2. The number of hydrogen-bond acceptors (Lipinski definition) is 5. The number of aromatic nitrogens is 2. The molecule has 1 saturated carbocycles. The van der Waals surface area contributed by atoms with Crippen molar-refractivity contribution < 1.29 is 4.42 Å². The van der Waals surface area contributed by atoms with Crippen molar-refractivity contribution >= 4 is 11.6 Å². The van der Waals surface area contributed by atoms with Crippen molar-refractivity contribution in [3.63, 3.8) is 0 Å². The van der Waals surface area contributed by atoms with Crippen molar-refractivity contribution in [1.82, 2.24) is 9.97 Å². The number of rotatable bonds is 7. The minimum atomic E-state index is 0.539. The highest BCUT2D eigenvalue weighted by molar-refractivity contribution is 5.57. The molecule has 112 valence electrons. The van der Waals surface area contributed by atoms with Crippen LogP contribution in [0.4, 0.5) is 11.6 Å². The van der Waals surface area contributed by atoms with Crippen LogP contribution in [0.15, 0.2) is 22.8 Å². The molecule has 0 radical (unpaired) electrons. The SMILES string of the molecule is CCCNc1nc(C2CC2)nc(NCc2ccco2)c1C. The Balaban J connectivity index is 1.80. The molecule has 0 spiro atoms. The van der Waals surface area contributed by atoms with Crippen molar-refractivity contribution in [2.45, 2.75) is 45.6 Å². The van der Waals surface area contributed by atoms with E-state index in [1.54, 1.807) is 6.26 Å². The van der Waals surface area contributed by atoms with E-state index in [1.807, 2.05) is 12.1 Å². The lowest BCUT2D eigenvalue weighted by Gasteiger charge is -2.14. The van der Waals surface area contributed by atoms with Crippen molar-refractivity contribution in [2.75, 3.05) is 17.2 Å². The number of furan rings is 1. The van der Waals surface area contributed by atoms with Crippen molar-refractivity contribution in [1.29, 1.82) is 0 Å². The Hall–Kier alpha value is -2.04. The summed E-state index contributed by atoms with van der Waals surface area (Å²) < 4.78 is 5.36. The highest BCUT2D eigenvalue weighted by Crippen LogP contribution is 2.39. The molecular formula is C16H22N4O. The second-order valence-electron chi connectivity index (χ2n) is 5.54. The van der Waals surface area contributed by atoms with E-state index in [9.17, 15) is 0 Å². The molecule has 2 aromatic rings. The zero-order valence-corrected chi connectivity index (χ0v) is 12.6. The predicted octanol–water partition coefficient (Wildman–Crippen LogP) is 3.69. The molecule has 5 nitrogen and oxygen atoms in total. The van der Waals surface area contributed by atoms with Gasteiger partial charge in [0, 0.05) is 18.0 Å². The van der Waals surface area contributed by atoms with Gasteiger partial charge in [-0.05, 0) is 38.3 Å². The Morgan fingerprint density at radius 3 is 2.62 bits per heavy atom. The van der Waals surface area contributed by atoms with E-state index < -0.39 is 0 Å². The summed E-state index contributed by atoms with van der Waals surface area (Å²) in [4.78, 5) is 9.39. The normalized spacial score (nSPS) is 14.2. The van der Waals surface area contributed by atoms with Gasteiger partial charge in [0.1, 0.15) is 23.2 Å². The molecule has 3 rings (SSSR count). The van der Waals surface area contributed by atoms with Gasteiger partial charge >= 0.3 is 0 Å². The zero-order valence-electron chi connectivity index (χ0n) is 12.6. The molecule has 2 heterocycles. The molecule has 2 N–H and O–H groups in total. The summed E-state index contributed by atoms with van der Waals surface area (Å²) in [5, 5.41) is 6.78. The molecule has 0 aromatic carbocycles. The summed E-state index contributed by atoms with van der Waals surface area (Å²) in [6.45, 7) is 5.78. The summed E-state index contributed by atoms with van der Waals surface area (Å²) in [6, 6.07) is 3.86. The monoisotopic (exact) mass is 286 g/mol. The van der Waals surface area contributed by atoms with Crippen LogP contribution in [0.25, 0.3) is 0 Å². The topological polar surface area (TPSA) is 63.0 Å². The minimum Gasteiger partial charge on any atom is -0.467 e. The van der Waals surface area contributed by atoms with Crippen molar-refractivity contribution in [3.8, 4) is 0 Å². The van der Waals surface area contributed by atoms with E-state index in [0.29, 0.717) is 12.5 Å². The van der Waals surface area contributed by atoms with Crippen LogP contribution in [0.2, 0.25) is 0 Å². The van der Waals surface area contributed by atoms with Gasteiger partial charge in [0.25, 0.3) is 0 Å². The summed E-state index contributed by atoms with van der Waals surface area (Å²) in [6.07, 6.45) is 5.17. The second-order valence-corrected chi connectivity index (χ2v) is 5.54. The molecule has 0 amide bonds. The van der Waals surface area contributed by atoms with E-state index in [2.05, 4.69) is 24.5 Å². The number of nitrogens with zero attached hydrogens (tertiary/aromatic N) is 2. The van der Waals surface area contributed by atoms with Gasteiger partial charge in [0.05, 0.1) is 12.8 Å². The summed E-state index contributed by atoms with van der Waals surface area (Å²) >= 11 is 0. The fourth-order valence-electron chi connectivity index (χ4n) is 2.23. The molecule has 0 aliphatic heterocycles. The van der Waals surface area contributed by atoms with E-state index in [4.69, 9.17) is 14.4 Å². The van der Waals surface area contributed by atoms with E-state index in [-0.39, 0.29) is 0 Å². The van der Waals surface area contributed by atoms with Crippen LogP contribution in [0.5, 0.6) is 0 Å². The van der Waals surface area contributed by atoms with Crippen LogP contribution in [-0.4, -0.2) is 16.5 Å². The first-order valence-electron chi connectivity index (χ1n) is 7.66. The molecule has 5 heteroatoms. The van der Waals surface area contributed by atoms with Crippen LogP contribution < -0.4 is 10.6 Å². The molecule has 0 unspecified atom stereocenters. The molecule has 0 atom stereocenters. The number of anilines is 2. The van der Waals surface area contributed by atoms with Gasteiger partial charge in [-0.1, -0.05) is 6.92 Å². The van der Waals surface area contributed by atoms with Gasteiger partial charge < -0.3 is 15.1 Å². The van der Waals surface area contributed by atoms with Gasteiger partial charge in [0.15, 0.2) is 0 Å².